The molecule has 1 aliphatic heterocycles. The highest BCUT2D eigenvalue weighted by atomic mass is 32.2. The van der Waals surface area contributed by atoms with Crippen molar-refractivity contribution in [1.29, 1.82) is 0 Å². The molecule has 0 N–H and O–H groups in total. The fraction of sp³-hybridized carbons (Fsp3) is 0.294. The third-order valence-corrected chi connectivity index (χ3v) is 5.39. The molecule has 0 radical (unpaired) electrons. The first-order valence-electron chi connectivity index (χ1n) is 6.98. The second kappa shape index (κ2) is 6.01. The van der Waals surface area contributed by atoms with E-state index < -0.39 is 11.2 Å². The maximum Gasteiger partial charge on any atom is 0.320 e. The Kier molecular flexibility index (Phi) is 4.07. The molecule has 0 spiro atoms. The summed E-state index contributed by atoms with van der Waals surface area (Å²) in [5.74, 6) is -1.29. The van der Waals surface area contributed by atoms with E-state index in [1.807, 2.05) is 36.4 Å². The van der Waals surface area contributed by atoms with Gasteiger partial charge >= 0.3 is 11.9 Å². The van der Waals surface area contributed by atoms with Gasteiger partial charge in [-0.05, 0) is 28.8 Å². The highest BCUT2D eigenvalue weighted by Crippen LogP contribution is 2.42. The number of methoxy groups -OCH3 is 2. The van der Waals surface area contributed by atoms with Crippen LogP contribution in [-0.4, -0.2) is 31.4 Å². The zero-order chi connectivity index (χ0) is 15.7. The van der Waals surface area contributed by atoms with Gasteiger partial charge in [0.1, 0.15) is 5.25 Å². The number of esters is 2. The molecule has 1 aliphatic rings. The summed E-state index contributed by atoms with van der Waals surface area (Å²) in [6.07, 6.45) is 0.482. The number of thioether (sulfide) groups is 1. The Morgan fingerprint density at radius 1 is 1.05 bits per heavy atom. The van der Waals surface area contributed by atoms with Gasteiger partial charge in [0.15, 0.2) is 0 Å². The van der Waals surface area contributed by atoms with Crippen LogP contribution >= 0.6 is 11.8 Å². The van der Waals surface area contributed by atoms with Crippen LogP contribution in [0.15, 0.2) is 41.3 Å². The first kappa shape index (κ1) is 14.9. The Morgan fingerprint density at radius 3 is 2.50 bits per heavy atom. The molecule has 1 heterocycles. The van der Waals surface area contributed by atoms with Crippen LogP contribution in [0.2, 0.25) is 0 Å². The SMILES string of the molecule is COC(=O)[C@@H]1Cc2c(ccc3ccccc23)S[C@H]1C(=O)OC. The molecule has 2 aromatic carbocycles. The van der Waals surface area contributed by atoms with E-state index in [1.165, 1.54) is 26.0 Å². The van der Waals surface area contributed by atoms with Crippen LogP contribution in [0.1, 0.15) is 5.56 Å². The van der Waals surface area contributed by atoms with Gasteiger partial charge in [-0.1, -0.05) is 30.3 Å². The lowest BCUT2D eigenvalue weighted by Gasteiger charge is -2.29. The van der Waals surface area contributed by atoms with E-state index in [1.54, 1.807) is 0 Å². The van der Waals surface area contributed by atoms with Crippen LogP contribution < -0.4 is 0 Å². The van der Waals surface area contributed by atoms with Gasteiger partial charge in [-0.3, -0.25) is 9.59 Å². The number of benzene rings is 2. The number of fused-ring (bicyclic) bond motifs is 3. The largest absolute Gasteiger partial charge is 0.469 e. The molecule has 5 heteroatoms. The third-order valence-electron chi connectivity index (χ3n) is 3.98. The van der Waals surface area contributed by atoms with Gasteiger partial charge in [0, 0.05) is 4.90 Å². The lowest BCUT2D eigenvalue weighted by molar-refractivity contribution is -0.151. The molecule has 3 rings (SSSR count). The maximum atomic E-state index is 12.1. The Bertz CT molecular complexity index is 741. The predicted molar refractivity (Wildman–Crippen MR) is 84.8 cm³/mol. The molecule has 0 unspecified atom stereocenters. The van der Waals surface area contributed by atoms with Crippen molar-refractivity contribution in [2.75, 3.05) is 14.2 Å². The van der Waals surface area contributed by atoms with Crippen molar-refractivity contribution in [3.8, 4) is 0 Å². The Balaban J connectivity index is 2.10. The molecular formula is C17H16O4S. The summed E-state index contributed by atoms with van der Waals surface area (Å²) in [6, 6.07) is 12.1. The number of hydrogen-bond donors (Lipinski definition) is 0. The van der Waals surface area contributed by atoms with Crippen molar-refractivity contribution in [2.24, 2.45) is 5.92 Å². The van der Waals surface area contributed by atoms with Crippen LogP contribution in [0.5, 0.6) is 0 Å². The number of carbonyl (C=O) groups excluding carboxylic acids is 2. The molecule has 0 aromatic heterocycles. The average molecular weight is 316 g/mol. The molecule has 0 saturated carbocycles. The van der Waals surface area contributed by atoms with Crippen LogP contribution in [0.4, 0.5) is 0 Å². The van der Waals surface area contributed by atoms with Crippen molar-refractivity contribution in [3.05, 3.63) is 42.0 Å². The van der Waals surface area contributed by atoms with Crippen LogP contribution in [0.3, 0.4) is 0 Å². The van der Waals surface area contributed by atoms with Gasteiger partial charge in [0.05, 0.1) is 20.1 Å². The van der Waals surface area contributed by atoms with Crippen LogP contribution in [0, 0.1) is 5.92 Å². The normalized spacial score (nSPS) is 20.3. The zero-order valence-corrected chi connectivity index (χ0v) is 13.2. The average Bonchev–Trinajstić information content (AvgIpc) is 2.59. The second-order valence-corrected chi connectivity index (χ2v) is 6.34. The molecule has 0 fully saturated rings. The van der Waals surface area contributed by atoms with Gasteiger partial charge in [0.25, 0.3) is 0 Å². The van der Waals surface area contributed by atoms with Crippen LogP contribution in [0.25, 0.3) is 10.8 Å². The number of ether oxygens (including phenoxy) is 2. The highest BCUT2D eigenvalue weighted by Gasteiger charge is 2.40. The Morgan fingerprint density at radius 2 is 1.77 bits per heavy atom. The summed E-state index contributed by atoms with van der Waals surface area (Å²) in [4.78, 5) is 25.1. The minimum absolute atomic E-state index is 0.374. The summed E-state index contributed by atoms with van der Waals surface area (Å²) < 4.78 is 9.73. The molecule has 22 heavy (non-hydrogen) atoms. The zero-order valence-electron chi connectivity index (χ0n) is 12.4. The fourth-order valence-corrected chi connectivity index (χ4v) is 4.19. The van der Waals surface area contributed by atoms with Crippen molar-refractivity contribution < 1.29 is 19.1 Å². The summed E-state index contributed by atoms with van der Waals surface area (Å²) >= 11 is 1.38. The lowest BCUT2D eigenvalue weighted by atomic mass is 9.91. The first-order chi connectivity index (χ1) is 10.7. The van der Waals surface area contributed by atoms with Gasteiger partial charge < -0.3 is 9.47 Å². The molecule has 0 saturated heterocycles. The molecule has 2 atom stereocenters. The highest BCUT2D eigenvalue weighted by molar-refractivity contribution is 8.00. The predicted octanol–water partition coefficient (Wildman–Crippen LogP) is 2.82. The van der Waals surface area contributed by atoms with E-state index in [9.17, 15) is 9.59 Å². The molecule has 0 bridgehead atoms. The monoisotopic (exact) mass is 316 g/mol. The van der Waals surface area contributed by atoms with Gasteiger partial charge in [-0.25, -0.2) is 0 Å². The summed E-state index contributed by atoms with van der Waals surface area (Å²) in [5.41, 5.74) is 1.10. The third kappa shape index (κ3) is 2.46. The first-order valence-corrected chi connectivity index (χ1v) is 7.86. The van der Waals surface area contributed by atoms with Crippen molar-refractivity contribution >= 4 is 34.5 Å². The van der Waals surface area contributed by atoms with Crippen molar-refractivity contribution in [3.63, 3.8) is 0 Å². The van der Waals surface area contributed by atoms with E-state index in [-0.39, 0.29) is 11.9 Å². The number of hydrogen-bond acceptors (Lipinski definition) is 5. The lowest BCUT2D eigenvalue weighted by Crippen LogP contribution is -2.38. The topological polar surface area (TPSA) is 52.6 Å². The second-order valence-electron chi connectivity index (χ2n) is 5.16. The molecule has 114 valence electrons. The molecule has 0 amide bonds. The minimum atomic E-state index is -0.564. The molecule has 2 aromatic rings. The fourth-order valence-electron chi connectivity index (χ4n) is 2.87. The smallest absolute Gasteiger partial charge is 0.320 e. The van der Waals surface area contributed by atoms with Crippen molar-refractivity contribution in [1.82, 2.24) is 0 Å². The quantitative estimate of drug-likeness (QED) is 0.798. The maximum absolute atomic E-state index is 12.1. The van der Waals surface area contributed by atoms with E-state index in [0.717, 1.165) is 21.2 Å². The van der Waals surface area contributed by atoms with E-state index in [2.05, 4.69) is 0 Å². The Labute approximate surface area is 132 Å². The van der Waals surface area contributed by atoms with Gasteiger partial charge in [-0.2, -0.15) is 0 Å². The Hall–Kier alpha value is -2.01. The van der Waals surface area contributed by atoms with E-state index in [0.29, 0.717) is 6.42 Å². The summed E-state index contributed by atoms with van der Waals surface area (Å²) in [7, 11) is 2.69. The van der Waals surface area contributed by atoms with E-state index in [4.69, 9.17) is 9.47 Å². The summed E-state index contributed by atoms with van der Waals surface area (Å²) in [6.45, 7) is 0. The standard InChI is InChI=1S/C17H16O4S/c1-20-16(18)13-9-12-11-6-4-3-5-10(11)7-8-14(12)22-15(13)17(19)21-2/h3-8,13,15H,9H2,1-2H3/t13-,15-/m1/s1. The minimum Gasteiger partial charge on any atom is -0.469 e. The molecular weight excluding hydrogens is 300 g/mol. The molecule has 0 aliphatic carbocycles. The van der Waals surface area contributed by atoms with Crippen molar-refractivity contribution in [2.45, 2.75) is 16.6 Å². The van der Waals surface area contributed by atoms with E-state index >= 15 is 0 Å². The number of carbonyl (C=O) groups is 2. The van der Waals surface area contributed by atoms with Gasteiger partial charge in [0.2, 0.25) is 0 Å². The molecule has 4 nitrogen and oxygen atoms in total. The van der Waals surface area contributed by atoms with Crippen LogP contribution in [-0.2, 0) is 25.5 Å². The number of rotatable bonds is 2. The summed E-state index contributed by atoms with van der Waals surface area (Å²) in [5, 5.41) is 1.68. The van der Waals surface area contributed by atoms with Gasteiger partial charge in [-0.15, -0.1) is 11.8 Å².